The average molecular weight is 395 g/mol. The first-order valence-corrected chi connectivity index (χ1v) is 10.6. The molecule has 0 radical (unpaired) electrons. The molecule has 0 saturated carbocycles. The van der Waals surface area contributed by atoms with Crippen molar-refractivity contribution in [2.45, 2.75) is 39.8 Å². The van der Waals surface area contributed by atoms with E-state index in [0.717, 1.165) is 10.9 Å². The monoisotopic (exact) mass is 395 g/mol. The Kier molecular flexibility index (Phi) is 7.36. The van der Waals surface area contributed by atoms with Crippen LogP contribution in [0.2, 0.25) is 0 Å². The third kappa shape index (κ3) is 4.67. The second-order valence-corrected chi connectivity index (χ2v) is 8.13. The van der Waals surface area contributed by atoms with E-state index >= 15 is 0 Å². The molecule has 2 rings (SSSR count). The second-order valence-electron chi connectivity index (χ2n) is 5.91. The summed E-state index contributed by atoms with van der Waals surface area (Å²) in [6.07, 6.45) is 1.75. The highest BCUT2D eigenvalue weighted by Gasteiger charge is 2.42. The van der Waals surface area contributed by atoms with Gasteiger partial charge in [0.1, 0.15) is 0 Å². The number of hydrogen-bond donors (Lipinski definition) is 0. The van der Waals surface area contributed by atoms with Crippen molar-refractivity contribution < 1.29 is 27.9 Å². The Bertz CT molecular complexity index is 849. The number of nitrogens with zero attached hydrogens (tertiary/aromatic N) is 1. The van der Waals surface area contributed by atoms with Crippen molar-refractivity contribution in [3.05, 3.63) is 36.0 Å². The minimum atomic E-state index is -3.74. The van der Waals surface area contributed by atoms with E-state index in [0.29, 0.717) is 5.56 Å². The number of esters is 1. The van der Waals surface area contributed by atoms with E-state index in [1.165, 1.54) is 11.5 Å². The molecule has 0 aliphatic carbocycles. The van der Waals surface area contributed by atoms with Gasteiger partial charge in [0.05, 0.1) is 25.3 Å². The highest BCUT2D eigenvalue weighted by Crippen LogP contribution is 2.54. The number of aromatic nitrogens is 1. The van der Waals surface area contributed by atoms with Gasteiger partial charge in [-0.05, 0) is 38.8 Å². The molecular formula is C19H26NO6P. The Morgan fingerprint density at radius 2 is 1.70 bits per heavy atom. The average Bonchev–Trinajstić information content (AvgIpc) is 2.99. The number of benzene rings is 1. The van der Waals surface area contributed by atoms with Crippen LogP contribution >= 0.6 is 7.60 Å². The summed E-state index contributed by atoms with van der Waals surface area (Å²) in [5.41, 5.74) is 0.326. The van der Waals surface area contributed by atoms with Crippen LogP contribution in [0.1, 0.15) is 38.1 Å². The lowest BCUT2D eigenvalue weighted by Crippen LogP contribution is -2.28. The molecule has 7 nitrogen and oxygen atoms in total. The Balaban J connectivity index is 2.53. The maximum Gasteiger partial charge on any atom is 0.345 e. The number of ether oxygens (including phenoxy) is 1. The van der Waals surface area contributed by atoms with Crippen LogP contribution in [0.5, 0.6) is 0 Å². The number of carbonyl (C=O) groups is 2. The van der Waals surface area contributed by atoms with Crippen LogP contribution in [0.15, 0.2) is 30.5 Å². The fourth-order valence-corrected chi connectivity index (χ4v) is 4.93. The zero-order valence-corrected chi connectivity index (χ0v) is 17.0. The minimum Gasteiger partial charge on any atom is -0.465 e. The Morgan fingerprint density at radius 3 is 2.26 bits per heavy atom. The maximum atomic E-state index is 13.3. The molecule has 1 heterocycles. The molecule has 8 heteroatoms. The van der Waals surface area contributed by atoms with E-state index in [2.05, 4.69) is 0 Å². The molecule has 1 atom stereocenters. The number of fused-ring (bicyclic) bond motifs is 1. The molecule has 0 spiro atoms. The molecule has 0 unspecified atom stereocenters. The molecule has 0 aliphatic heterocycles. The molecule has 1 aromatic carbocycles. The van der Waals surface area contributed by atoms with E-state index in [9.17, 15) is 14.2 Å². The predicted molar refractivity (Wildman–Crippen MR) is 103 cm³/mol. The molecule has 0 bridgehead atoms. The zero-order chi connectivity index (χ0) is 20.0. The van der Waals surface area contributed by atoms with Crippen LogP contribution < -0.4 is 0 Å². The van der Waals surface area contributed by atoms with Gasteiger partial charge in [-0.3, -0.25) is 18.7 Å². The first-order chi connectivity index (χ1) is 12.9. The minimum absolute atomic E-state index is 0.0803. The molecular weight excluding hydrogens is 369 g/mol. The Hall–Kier alpha value is -1.95. The molecule has 0 saturated heterocycles. The van der Waals surface area contributed by atoms with Gasteiger partial charge >= 0.3 is 13.6 Å². The third-order valence-electron chi connectivity index (χ3n) is 4.11. The van der Waals surface area contributed by atoms with Crippen LogP contribution in [0, 0.1) is 0 Å². The number of para-hydroxylation sites is 1. The molecule has 0 fully saturated rings. The largest absolute Gasteiger partial charge is 0.465 e. The Morgan fingerprint density at radius 1 is 1.07 bits per heavy atom. The summed E-state index contributed by atoms with van der Waals surface area (Å²) in [5.74, 6) is -0.787. The zero-order valence-electron chi connectivity index (χ0n) is 16.1. The van der Waals surface area contributed by atoms with Crippen molar-refractivity contribution in [2.75, 3.05) is 19.8 Å². The van der Waals surface area contributed by atoms with Gasteiger partial charge in [0.25, 0.3) is 0 Å². The molecule has 0 aliphatic rings. The fraction of sp³-hybridized carbons (Fsp3) is 0.474. The van der Waals surface area contributed by atoms with Gasteiger partial charge in [-0.15, -0.1) is 0 Å². The lowest BCUT2D eigenvalue weighted by molar-refractivity contribution is -0.143. The van der Waals surface area contributed by atoms with Crippen molar-refractivity contribution in [3.8, 4) is 0 Å². The molecule has 27 heavy (non-hydrogen) atoms. The van der Waals surface area contributed by atoms with Gasteiger partial charge in [-0.1, -0.05) is 18.2 Å². The lowest BCUT2D eigenvalue weighted by atomic mass is 10.1. The lowest BCUT2D eigenvalue weighted by Gasteiger charge is -2.24. The summed E-state index contributed by atoms with van der Waals surface area (Å²) < 4.78 is 30.7. The summed E-state index contributed by atoms with van der Waals surface area (Å²) >= 11 is 0. The number of hydrogen-bond acceptors (Lipinski definition) is 6. The third-order valence-corrected chi connectivity index (χ3v) is 6.50. The SMILES string of the molecule is CCOC(=O)[C@@H](Cc1cn(C(C)=O)c2ccccc12)P(=O)(OCC)OCC. The van der Waals surface area contributed by atoms with Crippen molar-refractivity contribution in [1.29, 1.82) is 0 Å². The van der Waals surface area contributed by atoms with Crippen LogP contribution in [-0.4, -0.2) is 41.9 Å². The standard InChI is InChI=1S/C19H26NO6P/c1-5-24-19(22)18(27(23,25-6-2)26-7-3)12-15-13-20(14(4)21)17-11-9-8-10-16(15)17/h8-11,13,18H,5-7,12H2,1-4H3/t18-/m1/s1. The summed E-state index contributed by atoms with van der Waals surface area (Å²) in [4.78, 5) is 24.6. The molecule has 2 aromatic rings. The highest BCUT2D eigenvalue weighted by molar-refractivity contribution is 7.55. The smallest absolute Gasteiger partial charge is 0.345 e. The quantitative estimate of drug-likeness (QED) is 0.471. The summed E-state index contributed by atoms with van der Waals surface area (Å²) in [7, 11) is -3.74. The first-order valence-electron chi connectivity index (χ1n) is 9.03. The number of rotatable bonds is 9. The van der Waals surface area contributed by atoms with Gasteiger partial charge in [-0.25, -0.2) is 0 Å². The van der Waals surface area contributed by atoms with E-state index < -0.39 is 19.2 Å². The van der Waals surface area contributed by atoms with Gasteiger partial charge in [0.15, 0.2) is 5.66 Å². The van der Waals surface area contributed by atoms with E-state index in [1.54, 1.807) is 27.0 Å². The van der Waals surface area contributed by atoms with Crippen molar-refractivity contribution in [3.63, 3.8) is 0 Å². The topological polar surface area (TPSA) is 83.8 Å². The normalized spacial score (nSPS) is 12.9. The summed E-state index contributed by atoms with van der Waals surface area (Å²) in [6.45, 7) is 6.96. The molecule has 0 amide bonds. The molecule has 0 N–H and O–H groups in total. The van der Waals surface area contributed by atoms with Crippen LogP contribution in [-0.2, 0) is 29.6 Å². The van der Waals surface area contributed by atoms with Gasteiger partial charge < -0.3 is 13.8 Å². The van der Waals surface area contributed by atoms with Gasteiger partial charge in [-0.2, -0.15) is 0 Å². The van der Waals surface area contributed by atoms with E-state index in [4.69, 9.17) is 13.8 Å². The number of carbonyl (C=O) groups excluding carboxylic acids is 2. The van der Waals surface area contributed by atoms with Crippen LogP contribution in [0.4, 0.5) is 0 Å². The van der Waals surface area contributed by atoms with Crippen LogP contribution in [0.3, 0.4) is 0 Å². The van der Waals surface area contributed by atoms with Crippen molar-refractivity contribution >= 4 is 30.4 Å². The van der Waals surface area contributed by atoms with E-state index in [1.807, 2.05) is 24.3 Å². The van der Waals surface area contributed by atoms with E-state index in [-0.39, 0.29) is 32.1 Å². The second kappa shape index (κ2) is 9.31. The summed E-state index contributed by atoms with van der Waals surface area (Å²) in [5, 5.41) is 0.807. The highest BCUT2D eigenvalue weighted by atomic mass is 31.2. The summed E-state index contributed by atoms with van der Waals surface area (Å²) in [6, 6.07) is 7.36. The maximum absolute atomic E-state index is 13.3. The van der Waals surface area contributed by atoms with Crippen molar-refractivity contribution in [1.82, 2.24) is 4.57 Å². The molecule has 148 valence electrons. The predicted octanol–water partition coefficient (Wildman–Crippen LogP) is 4.04. The first kappa shape index (κ1) is 21.4. The Labute approximate surface area is 159 Å². The fourth-order valence-electron chi connectivity index (χ4n) is 3.02. The van der Waals surface area contributed by atoms with Crippen LogP contribution in [0.25, 0.3) is 10.9 Å². The van der Waals surface area contributed by atoms with Gasteiger partial charge in [0.2, 0.25) is 5.91 Å². The molecule has 1 aromatic heterocycles. The van der Waals surface area contributed by atoms with Crippen molar-refractivity contribution in [2.24, 2.45) is 0 Å². The van der Waals surface area contributed by atoms with Gasteiger partial charge in [0, 0.05) is 18.5 Å².